The molecule has 0 saturated carbocycles. The van der Waals surface area contributed by atoms with E-state index in [2.05, 4.69) is 48.4 Å². The molecule has 2 N–H and O–H groups in total. The summed E-state index contributed by atoms with van der Waals surface area (Å²) in [6, 6.07) is 0.628. The highest BCUT2D eigenvalue weighted by molar-refractivity contribution is 14.1. The van der Waals surface area contributed by atoms with Crippen LogP contribution >= 0.6 is 22.6 Å². The average molecular weight is 283 g/mol. The molecule has 1 saturated heterocycles. The summed E-state index contributed by atoms with van der Waals surface area (Å²) in [7, 11) is 2.17. The molecule has 72 valence electrons. The summed E-state index contributed by atoms with van der Waals surface area (Å²) in [6.07, 6.45) is 0. The van der Waals surface area contributed by atoms with Crippen molar-refractivity contribution in [3.8, 4) is 0 Å². The third-order valence-electron chi connectivity index (χ3n) is 2.39. The molecule has 3 nitrogen and oxygen atoms in total. The smallest absolute Gasteiger partial charge is 0.0629 e. The van der Waals surface area contributed by atoms with Crippen LogP contribution in [0.4, 0.5) is 0 Å². The number of alkyl halides is 1. The van der Waals surface area contributed by atoms with Gasteiger partial charge in [-0.3, -0.25) is 5.84 Å². The van der Waals surface area contributed by atoms with Gasteiger partial charge in [-0.2, -0.15) is 0 Å². The maximum absolute atomic E-state index is 5.62. The fourth-order valence-corrected chi connectivity index (χ4v) is 2.83. The minimum absolute atomic E-state index is 0.394. The van der Waals surface area contributed by atoms with Gasteiger partial charge in [0.1, 0.15) is 0 Å². The lowest BCUT2D eigenvalue weighted by Crippen LogP contribution is -2.64. The molecule has 1 rings (SSSR count). The first-order valence-corrected chi connectivity index (χ1v) is 5.40. The number of hydrogen-bond donors (Lipinski definition) is 1. The Morgan fingerprint density at radius 1 is 1.58 bits per heavy atom. The van der Waals surface area contributed by atoms with E-state index in [-0.39, 0.29) is 0 Å². The number of nitrogens with two attached hydrogens (primary N) is 1. The van der Waals surface area contributed by atoms with E-state index in [1.165, 1.54) is 0 Å². The van der Waals surface area contributed by atoms with Gasteiger partial charge in [0.15, 0.2) is 0 Å². The van der Waals surface area contributed by atoms with Crippen LogP contribution in [0.1, 0.15) is 13.8 Å². The summed E-state index contributed by atoms with van der Waals surface area (Å²) in [5, 5.41) is 1.88. The van der Waals surface area contributed by atoms with Crippen LogP contribution in [0.5, 0.6) is 0 Å². The Balaban J connectivity index is 2.31. The van der Waals surface area contributed by atoms with E-state index in [1.807, 2.05) is 5.01 Å². The molecule has 0 aromatic heterocycles. The van der Waals surface area contributed by atoms with Gasteiger partial charge in [0.2, 0.25) is 0 Å². The van der Waals surface area contributed by atoms with E-state index >= 15 is 0 Å². The zero-order valence-electron chi connectivity index (χ0n) is 8.05. The molecule has 0 spiro atoms. The number of hydrazine groups is 1. The number of rotatable bonds is 3. The van der Waals surface area contributed by atoms with Crippen molar-refractivity contribution < 1.29 is 0 Å². The maximum atomic E-state index is 5.62. The van der Waals surface area contributed by atoms with Crippen molar-refractivity contribution in [2.75, 3.05) is 26.7 Å². The molecule has 0 atom stereocenters. The fourth-order valence-electron chi connectivity index (χ4n) is 1.41. The van der Waals surface area contributed by atoms with Gasteiger partial charge < -0.3 is 4.90 Å². The Morgan fingerprint density at radius 2 is 2.08 bits per heavy atom. The van der Waals surface area contributed by atoms with Gasteiger partial charge in [0, 0.05) is 25.7 Å². The third kappa shape index (κ3) is 2.55. The van der Waals surface area contributed by atoms with E-state index in [1.54, 1.807) is 0 Å². The zero-order chi connectivity index (χ0) is 9.35. The summed E-state index contributed by atoms with van der Waals surface area (Å²) in [4.78, 5) is 2.37. The Kier molecular flexibility index (Phi) is 3.36. The van der Waals surface area contributed by atoms with E-state index in [9.17, 15) is 0 Å². The Morgan fingerprint density at radius 3 is 2.42 bits per heavy atom. The molecule has 4 heteroatoms. The number of hydrogen-bond acceptors (Lipinski definition) is 3. The number of halogens is 1. The molecule has 0 aliphatic carbocycles. The lowest BCUT2D eigenvalue weighted by Gasteiger charge is -2.46. The molecule has 0 bridgehead atoms. The van der Waals surface area contributed by atoms with Crippen LogP contribution < -0.4 is 5.84 Å². The van der Waals surface area contributed by atoms with Crippen LogP contribution in [0.25, 0.3) is 0 Å². The molecule has 0 amide bonds. The standard InChI is InChI=1S/C8H18IN3/c1-7(2)11(3)4-8(9)5-12(10)6-8/h7H,4-6,10H2,1-3H3. The predicted molar refractivity (Wildman–Crippen MR) is 60.3 cm³/mol. The largest absolute Gasteiger partial charge is 0.303 e. The Labute approximate surface area is 88.4 Å². The predicted octanol–water partition coefficient (Wildman–Crippen LogP) is 0.690. The maximum Gasteiger partial charge on any atom is 0.0629 e. The van der Waals surface area contributed by atoms with Crippen LogP contribution in [0.2, 0.25) is 0 Å². The van der Waals surface area contributed by atoms with Crippen LogP contribution in [0.15, 0.2) is 0 Å². The number of nitrogens with zero attached hydrogens (tertiary/aromatic N) is 2. The second-order valence-electron chi connectivity index (χ2n) is 4.06. The second kappa shape index (κ2) is 3.77. The monoisotopic (exact) mass is 283 g/mol. The molecule has 0 aromatic carbocycles. The molecular formula is C8H18IN3. The molecule has 0 unspecified atom stereocenters. The quantitative estimate of drug-likeness (QED) is 0.470. The van der Waals surface area contributed by atoms with Crippen molar-refractivity contribution in [2.24, 2.45) is 5.84 Å². The van der Waals surface area contributed by atoms with E-state index < -0.39 is 0 Å². The minimum Gasteiger partial charge on any atom is -0.303 e. The van der Waals surface area contributed by atoms with Gasteiger partial charge in [-0.05, 0) is 20.9 Å². The molecule has 0 aromatic rings. The molecule has 1 fully saturated rings. The van der Waals surface area contributed by atoms with Crippen LogP contribution in [0, 0.1) is 0 Å². The van der Waals surface area contributed by atoms with Crippen LogP contribution in [0.3, 0.4) is 0 Å². The zero-order valence-corrected chi connectivity index (χ0v) is 10.2. The van der Waals surface area contributed by atoms with Crippen LogP contribution in [-0.2, 0) is 0 Å². The molecule has 1 aliphatic rings. The van der Waals surface area contributed by atoms with E-state index in [4.69, 9.17) is 5.84 Å². The van der Waals surface area contributed by atoms with Crippen molar-refractivity contribution in [1.82, 2.24) is 9.91 Å². The summed E-state index contributed by atoms with van der Waals surface area (Å²) < 4.78 is 0.394. The molecule has 12 heavy (non-hydrogen) atoms. The van der Waals surface area contributed by atoms with Gasteiger partial charge in [0.25, 0.3) is 0 Å². The fraction of sp³-hybridized carbons (Fsp3) is 1.00. The molecule has 1 heterocycles. The van der Waals surface area contributed by atoms with Crippen molar-refractivity contribution in [1.29, 1.82) is 0 Å². The third-order valence-corrected chi connectivity index (χ3v) is 3.41. The van der Waals surface area contributed by atoms with Crippen molar-refractivity contribution in [3.05, 3.63) is 0 Å². The first kappa shape index (κ1) is 10.7. The normalized spacial score (nSPS) is 23.2. The first-order valence-electron chi connectivity index (χ1n) is 4.32. The summed E-state index contributed by atoms with van der Waals surface area (Å²) in [6.45, 7) is 7.62. The Bertz CT molecular complexity index is 154. The molecule has 0 radical (unpaired) electrons. The van der Waals surface area contributed by atoms with Crippen LogP contribution in [-0.4, -0.2) is 46.1 Å². The summed E-state index contributed by atoms with van der Waals surface area (Å²) in [5.41, 5.74) is 0. The van der Waals surface area contributed by atoms with Crippen molar-refractivity contribution >= 4 is 22.6 Å². The second-order valence-corrected chi connectivity index (χ2v) is 6.35. The lowest BCUT2D eigenvalue weighted by molar-refractivity contribution is 0.103. The highest BCUT2D eigenvalue weighted by atomic mass is 127. The highest BCUT2D eigenvalue weighted by Gasteiger charge is 2.40. The van der Waals surface area contributed by atoms with Gasteiger partial charge in [-0.1, -0.05) is 22.6 Å². The van der Waals surface area contributed by atoms with Gasteiger partial charge in [-0.15, -0.1) is 0 Å². The first-order chi connectivity index (χ1) is 5.43. The van der Waals surface area contributed by atoms with Gasteiger partial charge >= 0.3 is 0 Å². The van der Waals surface area contributed by atoms with Crippen molar-refractivity contribution in [3.63, 3.8) is 0 Å². The lowest BCUT2D eigenvalue weighted by atomic mass is 10.0. The molecule has 1 aliphatic heterocycles. The van der Waals surface area contributed by atoms with Crippen molar-refractivity contribution in [2.45, 2.75) is 23.3 Å². The van der Waals surface area contributed by atoms with Gasteiger partial charge in [0.05, 0.1) is 3.42 Å². The topological polar surface area (TPSA) is 32.5 Å². The van der Waals surface area contributed by atoms with Gasteiger partial charge in [-0.25, -0.2) is 5.01 Å². The minimum atomic E-state index is 0.394. The average Bonchev–Trinajstić information content (AvgIpc) is 1.83. The Hall–Kier alpha value is 0.610. The summed E-state index contributed by atoms with van der Waals surface area (Å²) >= 11 is 2.53. The van der Waals surface area contributed by atoms with E-state index in [0.717, 1.165) is 19.6 Å². The highest BCUT2D eigenvalue weighted by Crippen LogP contribution is 2.29. The molecular weight excluding hydrogens is 265 g/mol. The summed E-state index contributed by atoms with van der Waals surface area (Å²) in [5.74, 6) is 5.62. The SMILES string of the molecule is CC(C)N(C)CC1(I)CN(N)C1. The van der Waals surface area contributed by atoms with E-state index in [0.29, 0.717) is 9.46 Å².